The number of sulfonamides is 1. The van der Waals surface area contributed by atoms with Gasteiger partial charge in [0.25, 0.3) is 0 Å². The number of aryl methyl sites for hydroxylation is 1. The molecule has 0 bridgehead atoms. The number of hydrogen-bond acceptors (Lipinski definition) is 3. The van der Waals surface area contributed by atoms with Crippen molar-refractivity contribution in [3.05, 3.63) is 17.0 Å². The maximum Gasteiger partial charge on any atom is 0.250 e. The van der Waals surface area contributed by atoms with Gasteiger partial charge in [-0.1, -0.05) is 15.9 Å². The smallest absolute Gasteiger partial charge is 0.208 e. The van der Waals surface area contributed by atoms with Crippen molar-refractivity contribution in [1.82, 2.24) is 4.72 Å². The first-order valence-electron chi connectivity index (χ1n) is 4.60. The molecule has 0 saturated carbocycles. The van der Waals surface area contributed by atoms with Crippen LogP contribution in [0.5, 0.6) is 0 Å². The normalized spacial score (nSPS) is 14.1. The van der Waals surface area contributed by atoms with Gasteiger partial charge in [0.15, 0.2) is 0 Å². The fourth-order valence-corrected chi connectivity index (χ4v) is 4.37. The fourth-order valence-electron chi connectivity index (χ4n) is 1.10. The second-order valence-corrected chi connectivity index (χ2v) is 7.39. The number of thiophene rings is 1. The van der Waals surface area contributed by atoms with Crippen molar-refractivity contribution < 1.29 is 8.42 Å². The maximum atomic E-state index is 11.8. The van der Waals surface area contributed by atoms with E-state index in [1.54, 1.807) is 6.07 Å². The topological polar surface area (TPSA) is 46.2 Å². The molecule has 0 aromatic carbocycles. The summed E-state index contributed by atoms with van der Waals surface area (Å²) in [6.45, 7) is 3.75. The zero-order valence-electron chi connectivity index (χ0n) is 8.66. The Morgan fingerprint density at radius 1 is 1.53 bits per heavy atom. The van der Waals surface area contributed by atoms with E-state index in [0.717, 1.165) is 16.6 Å². The van der Waals surface area contributed by atoms with E-state index >= 15 is 0 Å². The summed E-state index contributed by atoms with van der Waals surface area (Å²) in [5.74, 6) is 0. The first-order chi connectivity index (χ1) is 6.95. The van der Waals surface area contributed by atoms with E-state index < -0.39 is 10.0 Å². The largest absolute Gasteiger partial charge is 0.250 e. The van der Waals surface area contributed by atoms with Crippen molar-refractivity contribution in [2.24, 2.45) is 0 Å². The molecular formula is C9H14BrNO2S2. The van der Waals surface area contributed by atoms with Crippen molar-refractivity contribution in [3.63, 3.8) is 0 Å². The van der Waals surface area contributed by atoms with Crippen LogP contribution in [0.15, 0.2) is 16.3 Å². The minimum Gasteiger partial charge on any atom is -0.208 e. The number of nitrogens with one attached hydrogen (secondary N) is 1. The SMILES string of the molecule is Cc1ccc(S(=O)(=O)NC(C)CCBr)s1. The molecule has 0 aliphatic rings. The molecule has 0 aliphatic heterocycles. The molecule has 0 spiro atoms. The minimum atomic E-state index is -3.31. The molecule has 1 heterocycles. The summed E-state index contributed by atoms with van der Waals surface area (Å²) in [6, 6.07) is 3.41. The molecule has 6 heteroatoms. The molecule has 1 aromatic rings. The molecule has 86 valence electrons. The molecule has 0 saturated heterocycles. The van der Waals surface area contributed by atoms with E-state index in [1.807, 2.05) is 19.9 Å². The molecule has 3 nitrogen and oxygen atoms in total. The zero-order chi connectivity index (χ0) is 11.5. The van der Waals surface area contributed by atoms with E-state index in [1.165, 1.54) is 11.3 Å². The molecule has 0 aliphatic carbocycles. The zero-order valence-corrected chi connectivity index (χ0v) is 11.9. The van der Waals surface area contributed by atoms with Gasteiger partial charge in [-0.15, -0.1) is 11.3 Å². The summed E-state index contributed by atoms with van der Waals surface area (Å²) >= 11 is 4.58. The first-order valence-corrected chi connectivity index (χ1v) is 8.02. The molecular weight excluding hydrogens is 298 g/mol. The molecule has 1 unspecified atom stereocenters. The van der Waals surface area contributed by atoms with Crippen molar-refractivity contribution in [2.75, 3.05) is 5.33 Å². The van der Waals surface area contributed by atoms with Gasteiger partial charge < -0.3 is 0 Å². The lowest BCUT2D eigenvalue weighted by Crippen LogP contribution is -2.32. The standard InChI is InChI=1S/C9H14BrNO2S2/c1-7(5-6-10)11-15(12,13)9-4-3-8(2)14-9/h3-4,7,11H,5-6H2,1-2H3. The van der Waals surface area contributed by atoms with Crippen LogP contribution in [0.2, 0.25) is 0 Å². The number of halogens is 1. The third-order valence-corrected chi connectivity index (χ3v) is 5.42. The van der Waals surface area contributed by atoms with E-state index in [2.05, 4.69) is 20.7 Å². The van der Waals surface area contributed by atoms with E-state index in [9.17, 15) is 8.42 Å². The van der Waals surface area contributed by atoms with Gasteiger partial charge in [0.2, 0.25) is 10.0 Å². The van der Waals surface area contributed by atoms with Crippen LogP contribution in [0.4, 0.5) is 0 Å². The Hall–Kier alpha value is 0.0900. The molecule has 1 N–H and O–H groups in total. The van der Waals surface area contributed by atoms with Crippen LogP contribution in [0.3, 0.4) is 0 Å². The molecule has 0 radical (unpaired) electrons. The second kappa shape index (κ2) is 5.43. The second-order valence-electron chi connectivity index (χ2n) is 3.37. The number of rotatable bonds is 5. The highest BCUT2D eigenvalue weighted by atomic mass is 79.9. The van der Waals surface area contributed by atoms with Crippen LogP contribution in [-0.4, -0.2) is 19.8 Å². The Bertz CT molecular complexity index is 414. The van der Waals surface area contributed by atoms with Crippen LogP contribution in [0.25, 0.3) is 0 Å². The van der Waals surface area contributed by atoms with E-state index in [-0.39, 0.29) is 6.04 Å². The number of alkyl halides is 1. The molecule has 1 atom stereocenters. The molecule has 1 aromatic heterocycles. The molecule has 1 rings (SSSR count). The van der Waals surface area contributed by atoms with Crippen LogP contribution in [0.1, 0.15) is 18.2 Å². The van der Waals surface area contributed by atoms with Crippen molar-refractivity contribution in [3.8, 4) is 0 Å². The summed E-state index contributed by atoms with van der Waals surface area (Å²) in [5.41, 5.74) is 0. The van der Waals surface area contributed by atoms with Crippen molar-refractivity contribution in [1.29, 1.82) is 0 Å². The molecule has 0 amide bonds. The monoisotopic (exact) mass is 311 g/mol. The van der Waals surface area contributed by atoms with Gasteiger partial charge in [0.05, 0.1) is 0 Å². The quantitative estimate of drug-likeness (QED) is 0.849. The van der Waals surface area contributed by atoms with Gasteiger partial charge >= 0.3 is 0 Å². The predicted octanol–water partition coefficient (Wildman–Crippen LogP) is 2.51. The van der Waals surface area contributed by atoms with Gasteiger partial charge in [0.1, 0.15) is 4.21 Å². The van der Waals surface area contributed by atoms with Crippen LogP contribution < -0.4 is 4.72 Å². The first kappa shape index (κ1) is 13.2. The lowest BCUT2D eigenvalue weighted by Gasteiger charge is -2.11. The highest BCUT2D eigenvalue weighted by Crippen LogP contribution is 2.20. The summed E-state index contributed by atoms with van der Waals surface area (Å²) in [4.78, 5) is 1.00. The van der Waals surface area contributed by atoms with Crippen molar-refractivity contribution >= 4 is 37.3 Å². The Kier molecular flexibility index (Phi) is 4.76. The lowest BCUT2D eigenvalue weighted by atomic mass is 10.3. The lowest BCUT2D eigenvalue weighted by molar-refractivity contribution is 0.559. The highest BCUT2D eigenvalue weighted by molar-refractivity contribution is 9.09. The van der Waals surface area contributed by atoms with Gasteiger partial charge in [-0.05, 0) is 32.4 Å². The van der Waals surface area contributed by atoms with Crippen LogP contribution >= 0.6 is 27.3 Å². The average Bonchev–Trinajstić information content (AvgIpc) is 2.51. The Balaban J connectivity index is 2.76. The summed E-state index contributed by atoms with van der Waals surface area (Å²) in [6.07, 6.45) is 0.781. The summed E-state index contributed by atoms with van der Waals surface area (Å²) < 4.78 is 26.7. The van der Waals surface area contributed by atoms with Crippen molar-refractivity contribution in [2.45, 2.75) is 30.5 Å². The molecule has 15 heavy (non-hydrogen) atoms. The average molecular weight is 312 g/mol. The van der Waals surface area contributed by atoms with E-state index in [4.69, 9.17) is 0 Å². The van der Waals surface area contributed by atoms with Gasteiger partial charge in [0, 0.05) is 16.2 Å². The van der Waals surface area contributed by atoms with Gasteiger partial charge in [-0.2, -0.15) is 0 Å². The molecule has 0 fully saturated rings. The summed E-state index contributed by atoms with van der Waals surface area (Å²) in [5, 5.41) is 0.792. The Labute approximate surface area is 103 Å². The van der Waals surface area contributed by atoms with Crippen LogP contribution in [-0.2, 0) is 10.0 Å². The Morgan fingerprint density at radius 2 is 2.20 bits per heavy atom. The third kappa shape index (κ3) is 3.86. The number of hydrogen-bond donors (Lipinski definition) is 1. The van der Waals surface area contributed by atoms with E-state index in [0.29, 0.717) is 4.21 Å². The Morgan fingerprint density at radius 3 is 2.67 bits per heavy atom. The van der Waals surface area contributed by atoms with Gasteiger partial charge in [-0.3, -0.25) is 0 Å². The predicted molar refractivity (Wildman–Crippen MR) is 67.3 cm³/mol. The van der Waals surface area contributed by atoms with Crippen LogP contribution in [0, 0.1) is 6.92 Å². The highest BCUT2D eigenvalue weighted by Gasteiger charge is 2.18. The maximum absolute atomic E-state index is 11.8. The minimum absolute atomic E-state index is 0.0446. The van der Waals surface area contributed by atoms with Gasteiger partial charge in [-0.25, -0.2) is 13.1 Å². The fraction of sp³-hybridized carbons (Fsp3) is 0.556. The summed E-state index contributed by atoms with van der Waals surface area (Å²) in [7, 11) is -3.31. The third-order valence-electron chi connectivity index (χ3n) is 1.88.